The third-order valence-corrected chi connectivity index (χ3v) is 7.14. The predicted octanol–water partition coefficient (Wildman–Crippen LogP) is 5.52. The van der Waals surface area contributed by atoms with Crippen molar-refractivity contribution in [3.8, 4) is 5.75 Å². The number of carbonyl (C=O) groups excluding carboxylic acids is 1. The van der Waals surface area contributed by atoms with Crippen LogP contribution in [0.25, 0.3) is 0 Å². The van der Waals surface area contributed by atoms with Crippen LogP contribution in [0.3, 0.4) is 0 Å². The molecule has 32 heavy (non-hydrogen) atoms. The van der Waals surface area contributed by atoms with Crippen molar-refractivity contribution < 1.29 is 9.53 Å². The Hall–Kier alpha value is -2.63. The summed E-state index contributed by atoms with van der Waals surface area (Å²) in [5.41, 5.74) is 7.29. The van der Waals surface area contributed by atoms with Gasteiger partial charge in [-0.3, -0.25) is 9.69 Å². The highest BCUT2D eigenvalue weighted by molar-refractivity contribution is 7.12. The third-order valence-electron chi connectivity index (χ3n) is 6.17. The van der Waals surface area contributed by atoms with Crippen LogP contribution in [0.1, 0.15) is 43.1 Å². The van der Waals surface area contributed by atoms with E-state index in [1.165, 1.54) is 39.2 Å². The number of piperazine rings is 1. The van der Waals surface area contributed by atoms with Gasteiger partial charge in [-0.05, 0) is 67.5 Å². The molecule has 2 heterocycles. The van der Waals surface area contributed by atoms with E-state index in [9.17, 15) is 4.79 Å². The molecule has 1 aliphatic heterocycles. The zero-order valence-corrected chi connectivity index (χ0v) is 20.3. The lowest BCUT2D eigenvalue weighted by Gasteiger charge is -2.34. The first-order valence-corrected chi connectivity index (χ1v) is 12.1. The third kappa shape index (κ3) is 5.40. The zero-order chi connectivity index (χ0) is 22.7. The second-order valence-electron chi connectivity index (χ2n) is 8.87. The van der Waals surface area contributed by atoms with Gasteiger partial charge in [0.05, 0.1) is 4.88 Å². The first-order chi connectivity index (χ1) is 15.4. The van der Waals surface area contributed by atoms with Crippen LogP contribution < -0.4 is 4.74 Å². The number of carbonyl (C=O) groups is 1. The molecule has 1 fully saturated rings. The Bertz CT molecular complexity index is 1100. The van der Waals surface area contributed by atoms with Crippen LogP contribution in [-0.2, 0) is 13.2 Å². The Morgan fingerprint density at radius 2 is 1.72 bits per heavy atom. The minimum absolute atomic E-state index is 0.138. The van der Waals surface area contributed by atoms with E-state index in [4.69, 9.17) is 4.74 Å². The molecule has 1 aliphatic rings. The van der Waals surface area contributed by atoms with Crippen LogP contribution in [-0.4, -0.2) is 41.9 Å². The van der Waals surface area contributed by atoms with E-state index in [0.29, 0.717) is 6.61 Å². The van der Waals surface area contributed by atoms with Crippen molar-refractivity contribution in [1.82, 2.24) is 9.80 Å². The maximum atomic E-state index is 13.0. The second-order valence-corrected chi connectivity index (χ2v) is 9.78. The number of amides is 1. The topological polar surface area (TPSA) is 32.8 Å². The summed E-state index contributed by atoms with van der Waals surface area (Å²) in [5.74, 6) is 1.06. The summed E-state index contributed by atoms with van der Waals surface area (Å²) >= 11 is 1.52. The summed E-state index contributed by atoms with van der Waals surface area (Å²) in [6.45, 7) is 13.2. The van der Waals surface area contributed by atoms with Crippen LogP contribution in [0.5, 0.6) is 5.75 Å². The van der Waals surface area contributed by atoms with Crippen LogP contribution >= 0.6 is 11.3 Å². The van der Waals surface area contributed by atoms with E-state index in [1.54, 1.807) is 0 Å². The van der Waals surface area contributed by atoms with Crippen molar-refractivity contribution in [2.24, 2.45) is 0 Å². The van der Waals surface area contributed by atoms with E-state index < -0.39 is 0 Å². The van der Waals surface area contributed by atoms with Crippen LogP contribution in [0.15, 0.2) is 47.8 Å². The van der Waals surface area contributed by atoms with Gasteiger partial charge < -0.3 is 9.64 Å². The molecule has 2 aromatic carbocycles. The molecule has 1 saturated heterocycles. The molecular weight excluding hydrogens is 416 g/mol. The van der Waals surface area contributed by atoms with Gasteiger partial charge in [-0.15, -0.1) is 11.3 Å². The average molecular weight is 449 g/mol. The van der Waals surface area contributed by atoms with E-state index in [-0.39, 0.29) is 5.91 Å². The van der Waals surface area contributed by atoms with Crippen LogP contribution in [0, 0.1) is 27.7 Å². The van der Waals surface area contributed by atoms with Gasteiger partial charge in [-0.1, -0.05) is 35.9 Å². The minimum atomic E-state index is 0.138. The monoisotopic (exact) mass is 448 g/mol. The van der Waals surface area contributed by atoms with E-state index >= 15 is 0 Å². The lowest BCUT2D eigenvalue weighted by atomic mass is 10.1. The van der Waals surface area contributed by atoms with Crippen LogP contribution in [0.2, 0.25) is 0 Å². The molecular formula is C27H32N2O2S. The van der Waals surface area contributed by atoms with Crippen molar-refractivity contribution in [3.05, 3.63) is 86.1 Å². The maximum Gasteiger partial charge on any atom is 0.264 e. The van der Waals surface area contributed by atoms with Crippen molar-refractivity contribution in [1.29, 1.82) is 0 Å². The molecule has 168 valence electrons. The van der Waals surface area contributed by atoms with Gasteiger partial charge in [0.1, 0.15) is 12.4 Å². The molecule has 0 spiro atoms. The highest BCUT2D eigenvalue weighted by Crippen LogP contribution is 2.25. The first kappa shape index (κ1) is 22.6. The Labute approximate surface area is 195 Å². The first-order valence-electron chi connectivity index (χ1n) is 11.2. The van der Waals surface area contributed by atoms with Gasteiger partial charge >= 0.3 is 0 Å². The molecule has 0 aliphatic carbocycles. The standard InChI is InChI=1S/C27H32N2O2S/c1-19-6-5-7-23(13-19)16-28-8-10-29(11-9-28)27(30)26-15-24(18-32-26)17-31-25-14-20(2)12-21(3)22(25)4/h5-7,12-15,18H,8-11,16-17H2,1-4H3. The van der Waals surface area contributed by atoms with E-state index in [1.807, 2.05) is 16.3 Å². The van der Waals surface area contributed by atoms with Crippen molar-refractivity contribution in [3.63, 3.8) is 0 Å². The Balaban J connectivity index is 1.30. The van der Waals surface area contributed by atoms with Gasteiger partial charge in [0.25, 0.3) is 5.91 Å². The second kappa shape index (κ2) is 9.88. The highest BCUT2D eigenvalue weighted by Gasteiger charge is 2.23. The van der Waals surface area contributed by atoms with Gasteiger partial charge in [0.15, 0.2) is 0 Å². The lowest BCUT2D eigenvalue weighted by Crippen LogP contribution is -2.48. The molecule has 0 radical (unpaired) electrons. The molecule has 3 aromatic rings. The number of hydrogen-bond donors (Lipinski definition) is 0. The fourth-order valence-corrected chi connectivity index (χ4v) is 5.07. The summed E-state index contributed by atoms with van der Waals surface area (Å²) in [6, 6.07) is 14.9. The molecule has 0 atom stereocenters. The minimum Gasteiger partial charge on any atom is -0.489 e. The zero-order valence-electron chi connectivity index (χ0n) is 19.5. The van der Waals surface area contributed by atoms with Crippen molar-refractivity contribution >= 4 is 17.2 Å². The SMILES string of the molecule is Cc1cccc(CN2CCN(C(=O)c3cc(COc4cc(C)cc(C)c4C)cs3)CC2)c1. The number of benzene rings is 2. The fraction of sp³-hybridized carbons (Fsp3) is 0.370. The molecule has 4 nitrogen and oxygen atoms in total. The lowest BCUT2D eigenvalue weighted by molar-refractivity contribution is 0.0633. The summed E-state index contributed by atoms with van der Waals surface area (Å²) in [5, 5.41) is 2.04. The number of aryl methyl sites for hydroxylation is 3. The Morgan fingerprint density at radius 3 is 2.47 bits per heavy atom. The molecule has 0 bridgehead atoms. The fourth-order valence-electron chi connectivity index (χ4n) is 4.21. The maximum absolute atomic E-state index is 13.0. The van der Waals surface area contributed by atoms with E-state index in [0.717, 1.165) is 48.9 Å². The summed E-state index contributed by atoms with van der Waals surface area (Å²) in [7, 11) is 0. The number of rotatable bonds is 6. The van der Waals surface area contributed by atoms with Crippen molar-refractivity contribution in [2.75, 3.05) is 26.2 Å². The predicted molar refractivity (Wildman–Crippen MR) is 132 cm³/mol. The van der Waals surface area contributed by atoms with Gasteiger partial charge in [0.2, 0.25) is 0 Å². The molecule has 0 saturated carbocycles. The van der Waals surface area contributed by atoms with Gasteiger partial charge in [0, 0.05) is 38.3 Å². The summed E-state index contributed by atoms with van der Waals surface area (Å²) < 4.78 is 6.08. The molecule has 4 rings (SSSR count). The number of thiophene rings is 1. The molecule has 5 heteroatoms. The summed E-state index contributed by atoms with van der Waals surface area (Å²) in [4.78, 5) is 18.2. The number of hydrogen-bond acceptors (Lipinski definition) is 4. The largest absolute Gasteiger partial charge is 0.489 e. The quantitative estimate of drug-likeness (QED) is 0.498. The molecule has 1 amide bonds. The molecule has 0 unspecified atom stereocenters. The normalized spacial score (nSPS) is 14.6. The average Bonchev–Trinajstić information content (AvgIpc) is 3.24. The molecule has 1 aromatic heterocycles. The highest BCUT2D eigenvalue weighted by atomic mass is 32.1. The Morgan fingerprint density at radius 1 is 0.938 bits per heavy atom. The van der Waals surface area contributed by atoms with Gasteiger partial charge in [-0.2, -0.15) is 0 Å². The number of nitrogens with zero attached hydrogens (tertiary/aromatic N) is 2. The van der Waals surface area contributed by atoms with E-state index in [2.05, 4.69) is 69.0 Å². The smallest absolute Gasteiger partial charge is 0.264 e. The van der Waals surface area contributed by atoms with Gasteiger partial charge in [-0.25, -0.2) is 0 Å². The summed E-state index contributed by atoms with van der Waals surface area (Å²) in [6.07, 6.45) is 0. The van der Waals surface area contributed by atoms with Crippen molar-refractivity contribution in [2.45, 2.75) is 40.8 Å². The molecule has 0 N–H and O–H groups in total. The van der Waals surface area contributed by atoms with Crippen LogP contribution in [0.4, 0.5) is 0 Å². The number of ether oxygens (including phenoxy) is 1. The Kier molecular flexibility index (Phi) is 6.97.